The molecule has 0 aliphatic rings. The van der Waals surface area contributed by atoms with E-state index in [0.29, 0.717) is 18.1 Å². The third-order valence-electron chi connectivity index (χ3n) is 2.52. The van der Waals surface area contributed by atoms with Crippen molar-refractivity contribution in [1.29, 1.82) is 0 Å². The first-order valence-corrected chi connectivity index (χ1v) is 5.71. The molecule has 0 bridgehead atoms. The minimum Gasteiger partial charge on any atom is -0.494 e. The molecule has 2 rings (SSSR count). The van der Waals surface area contributed by atoms with Crippen LogP contribution < -0.4 is 9.64 Å². The largest absolute Gasteiger partial charge is 0.494 e. The number of carboxylic acid groups (broad SMARTS) is 1. The first-order valence-electron chi connectivity index (χ1n) is 5.71. The summed E-state index contributed by atoms with van der Waals surface area (Å²) in [7, 11) is 1.44. The highest BCUT2D eigenvalue weighted by molar-refractivity contribution is 5.87. The average Bonchev–Trinajstić information content (AvgIpc) is 2.77. The number of amides is 1. The molecule has 0 atom stereocenters. The van der Waals surface area contributed by atoms with E-state index >= 15 is 0 Å². The first kappa shape index (κ1) is 12.2. The monoisotopic (exact) mass is 249 g/mol. The van der Waals surface area contributed by atoms with Crippen LogP contribution in [0.4, 0.5) is 10.7 Å². The Kier molecular flexibility index (Phi) is 3.36. The van der Waals surface area contributed by atoms with E-state index in [4.69, 9.17) is 9.84 Å². The van der Waals surface area contributed by atoms with E-state index in [9.17, 15) is 4.79 Å². The predicted octanol–water partition coefficient (Wildman–Crippen LogP) is 2.47. The zero-order chi connectivity index (χ0) is 13.1. The van der Waals surface area contributed by atoms with E-state index in [-0.39, 0.29) is 0 Å². The van der Waals surface area contributed by atoms with Crippen LogP contribution in [-0.2, 0) is 0 Å². The number of imidazole rings is 1. The number of H-pyrrole nitrogens is 1. The normalized spacial score (nSPS) is 10.6. The summed E-state index contributed by atoms with van der Waals surface area (Å²) in [5.41, 5.74) is 1.47. The van der Waals surface area contributed by atoms with Gasteiger partial charge in [-0.15, -0.1) is 0 Å². The first-order chi connectivity index (χ1) is 8.61. The summed E-state index contributed by atoms with van der Waals surface area (Å²) in [6.07, 6.45) is -0.123. The molecule has 1 amide bonds. The Labute approximate surface area is 104 Å². The molecule has 0 saturated carbocycles. The molecule has 0 fully saturated rings. The highest BCUT2D eigenvalue weighted by atomic mass is 16.5. The zero-order valence-corrected chi connectivity index (χ0v) is 10.3. The van der Waals surface area contributed by atoms with Gasteiger partial charge < -0.3 is 14.8 Å². The molecule has 0 radical (unpaired) electrons. The minimum absolute atomic E-state index is 0.296. The molecule has 6 heteroatoms. The molecule has 0 unspecified atom stereocenters. The number of aromatic amines is 1. The van der Waals surface area contributed by atoms with Crippen molar-refractivity contribution in [2.75, 3.05) is 18.6 Å². The Morgan fingerprint density at radius 3 is 3.00 bits per heavy atom. The van der Waals surface area contributed by atoms with Gasteiger partial charge in [-0.25, -0.2) is 9.78 Å². The molecule has 2 N–H and O–H groups in total. The fourth-order valence-corrected chi connectivity index (χ4v) is 1.53. The zero-order valence-electron chi connectivity index (χ0n) is 10.3. The van der Waals surface area contributed by atoms with E-state index < -0.39 is 6.09 Å². The van der Waals surface area contributed by atoms with Crippen molar-refractivity contribution >= 4 is 23.1 Å². The highest BCUT2D eigenvalue weighted by Gasteiger charge is 2.13. The molecule has 0 spiro atoms. The number of aromatic nitrogens is 2. The minimum atomic E-state index is -1.06. The topological polar surface area (TPSA) is 78.5 Å². The number of nitrogens with zero attached hydrogens (tertiary/aromatic N) is 2. The molecule has 0 saturated heterocycles. The number of carbonyl (C=O) groups is 1. The van der Waals surface area contributed by atoms with Crippen LogP contribution in [0, 0.1) is 0 Å². The number of fused-ring (bicyclic) bond motifs is 1. The molecule has 1 aromatic carbocycles. The van der Waals surface area contributed by atoms with Gasteiger partial charge in [0.2, 0.25) is 5.95 Å². The van der Waals surface area contributed by atoms with Crippen LogP contribution >= 0.6 is 0 Å². The lowest BCUT2D eigenvalue weighted by Gasteiger charge is -2.07. The molecule has 0 aliphatic heterocycles. The van der Waals surface area contributed by atoms with Gasteiger partial charge in [-0.3, -0.25) is 4.90 Å². The Balaban J connectivity index is 2.30. The maximum Gasteiger partial charge on any atom is 0.413 e. The van der Waals surface area contributed by atoms with Gasteiger partial charge in [0.25, 0.3) is 0 Å². The highest BCUT2D eigenvalue weighted by Crippen LogP contribution is 2.22. The maximum atomic E-state index is 10.8. The van der Waals surface area contributed by atoms with E-state index in [1.165, 1.54) is 7.05 Å². The summed E-state index contributed by atoms with van der Waals surface area (Å²) in [5, 5.41) is 8.87. The van der Waals surface area contributed by atoms with Gasteiger partial charge in [0.15, 0.2) is 0 Å². The number of rotatable bonds is 4. The third kappa shape index (κ3) is 2.37. The third-order valence-corrected chi connectivity index (χ3v) is 2.52. The number of ether oxygens (including phenoxy) is 1. The quantitative estimate of drug-likeness (QED) is 0.872. The summed E-state index contributed by atoms with van der Waals surface area (Å²) in [5.74, 6) is 1.03. The van der Waals surface area contributed by atoms with Crippen LogP contribution in [0.1, 0.15) is 13.3 Å². The summed E-state index contributed by atoms with van der Waals surface area (Å²) in [4.78, 5) is 19.0. The Morgan fingerprint density at radius 2 is 2.33 bits per heavy atom. The molecule has 2 aromatic rings. The van der Waals surface area contributed by atoms with Crippen LogP contribution in [0.25, 0.3) is 11.0 Å². The lowest BCUT2D eigenvalue weighted by molar-refractivity contribution is 0.203. The summed E-state index contributed by atoms with van der Waals surface area (Å²) in [6.45, 7) is 2.69. The van der Waals surface area contributed by atoms with Gasteiger partial charge in [-0.2, -0.15) is 0 Å². The molecule has 18 heavy (non-hydrogen) atoms. The molecular weight excluding hydrogens is 234 g/mol. The van der Waals surface area contributed by atoms with Gasteiger partial charge in [0.1, 0.15) is 5.75 Å². The Bertz CT molecular complexity index is 565. The Morgan fingerprint density at radius 1 is 1.56 bits per heavy atom. The van der Waals surface area contributed by atoms with Crippen LogP contribution in [0.3, 0.4) is 0 Å². The second-order valence-electron chi connectivity index (χ2n) is 3.93. The molecule has 0 aliphatic carbocycles. The van der Waals surface area contributed by atoms with Crippen molar-refractivity contribution in [2.24, 2.45) is 0 Å². The Hall–Kier alpha value is -2.24. The number of nitrogens with one attached hydrogen (secondary N) is 1. The van der Waals surface area contributed by atoms with Crippen molar-refractivity contribution in [3.8, 4) is 5.75 Å². The van der Waals surface area contributed by atoms with Gasteiger partial charge in [-0.1, -0.05) is 6.92 Å². The van der Waals surface area contributed by atoms with Crippen molar-refractivity contribution in [2.45, 2.75) is 13.3 Å². The smallest absolute Gasteiger partial charge is 0.413 e. The van der Waals surface area contributed by atoms with E-state index in [1.807, 2.05) is 19.1 Å². The predicted molar refractivity (Wildman–Crippen MR) is 68.3 cm³/mol. The lowest BCUT2D eigenvalue weighted by atomic mass is 10.3. The lowest BCUT2D eigenvalue weighted by Crippen LogP contribution is -2.24. The average molecular weight is 249 g/mol. The fraction of sp³-hybridized carbons (Fsp3) is 0.333. The second-order valence-corrected chi connectivity index (χ2v) is 3.93. The summed E-state index contributed by atoms with van der Waals surface area (Å²) in [6, 6.07) is 5.45. The summed E-state index contributed by atoms with van der Waals surface area (Å²) < 4.78 is 5.50. The van der Waals surface area contributed by atoms with Crippen LogP contribution in [0.15, 0.2) is 18.2 Å². The molecule has 1 aromatic heterocycles. The molecule has 96 valence electrons. The van der Waals surface area contributed by atoms with Gasteiger partial charge >= 0.3 is 6.09 Å². The van der Waals surface area contributed by atoms with Crippen molar-refractivity contribution < 1.29 is 14.6 Å². The van der Waals surface area contributed by atoms with Crippen molar-refractivity contribution in [3.05, 3.63) is 18.2 Å². The number of hydrogen-bond acceptors (Lipinski definition) is 3. The van der Waals surface area contributed by atoms with E-state index in [1.54, 1.807) is 6.07 Å². The van der Waals surface area contributed by atoms with E-state index in [2.05, 4.69) is 9.97 Å². The van der Waals surface area contributed by atoms with Crippen LogP contribution in [0.5, 0.6) is 5.75 Å². The van der Waals surface area contributed by atoms with Gasteiger partial charge in [0.05, 0.1) is 17.6 Å². The summed E-state index contributed by atoms with van der Waals surface area (Å²) >= 11 is 0. The molecular formula is C12H15N3O3. The van der Waals surface area contributed by atoms with Crippen LogP contribution in [0.2, 0.25) is 0 Å². The van der Waals surface area contributed by atoms with E-state index in [0.717, 1.165) is 22.6 Å². The molecule has 6 nitrogen and oxygen atoms in total. The van der Waals surface area contributed by atoms with Crippen LogP contribution in [-0.4, -0.2) is 34.8 Å². The number of benzene rings is 1. The second kappa shape index (κ2) is 4.95. The van der Waals surface area contributed by atoms with Gasteiger partial charge in [0, 0.05) is 13.1 Å². The SMILES string of the molecule is CCCOc1ccc2[nH]c(N(C)C(=O)O)nc2c1. The number of hydrogen-bond donors (Lipinski definition) is 2. The maximum absolute atomic E-state index is 10.8. The van der Waals surface area contributed by atoms with Crippen molar-refractivity contribution in [1.82, 2.24) is 9.97 Å². The standard InChI is InChI=1S/C12H15N3O3/c1-3-6-18-8-4-5-9-10(7-8)14-11(13-9)15(2)12(16)17/h4-5,7H,3,6H2,1-2H3,(H,13,14)(H,16,17). The number of anilines is 1. The molecule has 1 heterocycles. The fourth-order valence-electron chi connectivity index (χ4n) is 1.53. The van der Waals surface area contributed by atoms with Gasteiger partial charge in [-0.05, 0) is 18.6 Å². The van der Waals surface area contributed by atoms with Crippen molar-refractivity contribution in [3.63, 3.8) is 0 Å².